The molecule has 3 rings (SSSR count). The van der Waals surface area contributed by atoms with Crippen molar-refractivity contribution in [1.82, 2.24) is 9.78 Å². The summed E-state index contributed by atoms with van der Waals surface area (Å²) in [5, 5.41) is 7.89. The average Bonchev–Trinajstić information content (AvgIpc) is 2.73. The zero-order chi connectivity index (χ0) is 11.0. The summed E-state index contributed by atoms with van der Waals surface area (Å²) in [6.07, 6.45) is 8.84. The Labute approximate surface area is 96.2 Å². The Kier molecular flexibility index (Phi) is 2.59. The fourth-order valence-electron chi connectivity index (χ4n) is 2.96. The smallest absolute Gasteiger partial charge is 0.127 e. The normalized spacial score (nSPS) is 26.2. The lowest BCUT2D eigenvalue weighted by atomic mass is 9.85. The predicted octanol–water partition coefficient (Wildman–Crippen LogP) is 1.68. The third-order valence-corrected chi connectivity index (χ3v) is 3.85. The number of nitrogens with two attached hydrogens (primary N) is 1. The van der Waals surface area contributed by atoms with Gasteiger partial charge < -0.3 is 11.1 Å². The maximum Gasteiger partial charge on any atom is 0.127 e. The summed E-state index contributed by atoms with van der Waals surface area (Å²) in [4.78, 5) is 0. The van der Waals surface area contributed by atoms with Gasteiger partial charge in [-0.1, -0.05) is 19.3 Å². The monoisotopic (exact) mass is 220 g/mol. The maximum atomic E-state index is 5.91. The molecule has 0 aromatic carbocycles. The summed E-state index contributed by atoms with van der Waals surface area (Å²) in [7, 11) is 0. The van der Waals surface area contributed by atoms with Crippen LogP contribution in [-0.2, 0) is 6.54 Å². The van der Waals surface area contributed by atoms with Crippen molar-refractivity contribution in [3.8, 4) is 0 Å². The van der Waals surface area contributed by atoms with Gasteiger partial charge in [-0.05, 0) is 18.8 Å². The van der Waals surface area contributed by atoms with E-state index in [9.17, 15) is 0 Å². The number of rotatable bonds is 1. The fraction of sp³-hybridized carbons (Fsp3) is 0.750. The molecule has 4 nitrogen and oxygen atoms in total. The molecule has 0 radical (unpaired) electrons. The molecule has 4 heteroatoms. The Hall–Kier alpha value is -1.03. The minimum Gasteiger partial charge on any atom is -0.368 e. The molecule has 1 aromatic rings. The van der Waals surface area contributed by atoms with Crippen LogP contribution in [0.3, 0.4) is 0 Å². The van der Waals surface area contributed by atoms with E-state index < -0.39 is 0 Å². The molecular formula is C12H20N4. The van der Waals surface area contributed by atoms with E-state index in [1.165, 1.54) is 43.5 Å². The van der Waals surface area contributed by atoms with Gasteiger partial charge in [0.2, 0.25) is 0 Å². The highest BCUT2D eigenvalue weighted by Gasteiger charge is 2.24. The molecule has 1 saturated carbocycles. The molecule has 1 fully saturated rings. The molecule has 1 atom stereocenters. The van der Waals surface area contributed by atoms with Crippen molar-refractivity contribution in [2.24, 2.45) is 5.73 Å². The van der Waals surface area contributed by atoms with Crippen LogP contribution in [0.2, 0.25) is 0 Å². The third-order valence-electron chi connectivity index (χ3n) is 3.85. The molecule has 1 aromatic heterocycles. The second-order valence-corrected chi connectivity index (χ2v) is 5.11. The van der Waals surface area contributed by atoms with Gasteiger partial charge in [0.25, 0.3) is 0 Å². The van der Waals surface area contributed by atoms with Crippen LogP contribution in [0.25, 0.3) is 0 Å². The summed E-state index contributed by atoms with van der Waals surface area (Å²) in [6, 6.07) is 0.201. The highest BCUT2D eigenvalue weighted by Crippen LogP contribution is 2.36. The lowest BCUT2D eigenvalue weighted by Gasteiger charge is -2.26. The van der Waals surface area contributed by atoms with Crippen molar-refractivity contribution < 1.29 is 0 Å². The summed E-state index contributed by atoms with van der Waals surface area (Å²) < 4.78 is 2.04. The van der Waals surface area contributed by atoms with Gasteiger partial charge in [-0.2, -0.15) is 5.10 Å². The van der Waals surface area contributed by atoms with Gasteiger partial charge in [-0.15, -0.1) is 0 Å². The molecule has 1 aliphatic carbocycles. The number of hydrogen-bond donors (Lipinski definition) is 2. The highest BCUT2D eigenvalue weighted by atomic mass is 15.3. The van der Waals surface area contributed by atoms with Crippen molar-refractivity contribution in [1.29, 1.82) is 0 Å². The Morgan fingerprint density at radius 3 is 2.94 bits per heavy atom. The highest BCUT2D eigenvalue weighted by molar-refractivity contribution is 5.47. The van der Waals surface area contributed by atoms with Crippen LogP contribution < -0.4 is 11.1 Å². The molecule has 88 valence electrons. The van der Waals surface area contributed by atoms with Crippen LogP contribution >= 0.6 is 0 Å². The summed E-state index contributed by atoms with van der Waals surface area (Å²) in [6.45, 7) is 1.74. The van der Waals surface area contributed by atoms with E-state index in [-0.39, 0.29) is 6.04 Å². The summed E-state index contributed by atoms with van der Waals surface area (Å²) in [5.74, 6) is 1.95. The standard InChI is InChI=1S/C12H20N4/c13-10-6-14-12-11(7-15-16(12)8-10)9-4-2-1-3-5-9/h7,9-10,14H,1-6,8,13H2. The average molecular weight is 220 g/mol. The zero-order valence-corrected chi connectivity index (χ0v) is 9.65. The van der Waals surface area contributed by atoms with Crippen LogP contribution in [0.4, 0.5) is 5.82 Å². The lowest BCUT2D eigenvalue weighted by Crippen LogP contribution is -2.39. The van der Waals surface area contributed by atoms with Crippen molar-refractivity contribution >= 4 is 5.82 Å². The largest absolute Gasteiger partial charge is 0.368 e. The van der Waals surface area contributed by atoms with E-state index in [4.69, 9.17) is 5.73 Å². The first-order valence-electron chi connectivity index (χ1n) is 6.40. The van der Waals surface area contributed by atoms with Crippen LogP contribution in [0, 0.1) is 0 Å². The van der Waals surface area contributed by atoms with Crippen LogP contribution in [-0.4, -0.2) is 22.4 Å². The summed E-state index contributed by atoms with van der Waals surface area (Å²) in [5.41, 5.74) is 7.34. The second kappa shape index (κ2) is 4.09. The number of nitrogens with one attached hydrogen (secondary N) is 1. The Morgan fingerprint density at radius 1 is 1.31 bits per heavy atom. The Bertz CT molecular complexity index is 365. The molecule has 1 aliphatic heterocycles. The van der Waals surface area contributed by atoms with E-state index in [0.717, 1.165) is 19.0 Å². The minimum atomic E-state index is 0.201. The van der Waals surface area contributed by atoms with E-state index in [1.54, 1.807) is 0 Å². The molecule has 0 amide bonds. The van der Waals surface area contributed by atoms with E-state index in [2.05, 4.69) is 16.6 Å². The minimum absolute atomic E-state index is 0.201. The van der Waals surface area contributed by atoms with Crippen molar-refractivity contribution in [3.63, 3.8) is 0 Å². The second-order valence-electron chi connectivity index (χ2n) is 5.11. The Balaban J connectivity index is 1.85. The van der Waals surface area contributed by atoms with Crippen molar-refractivity contribution in [2.75, 3.05) is 11.9 Å². The molecule has 0 spiro atoms. The number of aromatic nitrogens is 2. The molecule has 1 unspecified atom stereocenters. The SMILES string of the molecule is NC1CNc2c(C3CCCCC3)cnn2C1. The van der Waals surface area contributed by atoms with Crippen LogP contribution in [0.15, 0.2) is 6.20 Å². The molecule has 0 bridgehead atoms. The van der Waals surface area contributed by atoms with Gasteiger partial charge in [0.05, 0.1) is 12.7 Å². The van der Waals surface area contributed by atoms with Gasteiger partial charge >= 0.3 is 0 Å². The molecule has 0 saturated heterocycles. The lowest BCUT2D eigenvalue weighted by molar-refractivity contribution is 0.442. The van der Waals surface area contributed by atoms with Crippen molar-refractivity contribution in [3.05, 3.63) is 11.8 Å². The molecule has 3 N–H and O–H groups in total. The van der Waals surface area contributed by atoms with E-state index >= 15 is 0 Å². The van der Waals surface area contributed by atoms with Gasteiger partial charge in [0, 0.05) is 18.2 Å². The third kappa shape index (κ3) is 1.71. The van der Waals surface area contributed by atoms with Crippen LogP contribution in [0.5, 0.6) is 0 Å². The first kappa shape index (κ1) is 10.1. The predicted molar refractivity (Wildman–Crippen MR) is 64.5 cm³/mol. The van der Waals surface area contributed by atoms with Gasteiger partial charge in [-0.3, -0.25) is 0 Å². The topological polar surface area (TPSA) is 55.9 Å². The van der Waals surface area contributed by atoms with E-state index in [0.29, 0.717) is 0 Å². The molecule has 2 heterocycles. The zero-order valence-electron chi connectivity index (χ0n) is 9.65. The van der Waals surface area contributed by atoms with E-state index in [1.807, 2.05) is 4.68 Å². The van der Waals surface area contributed by atoms with Crippen molar-refractivity contribution in [2.45, 2.75) is 50.6 Å². The number of hydrogen-bond acceptors (Lipinski definition) is 3. The number of nitrogens with zero attached hydrogens (tertiary/aromatic N) is 2. The number of anilines is 1. The fourth-order valence-corrected chi connectivity index (χ4v) is 2.96. The van der Waals surface area contributed by atoms with Crippen LogP contribution in [0.1, 0.15) is 43.6 Å². The van der Waals surface area contributed by atoms with Gasteiger partial charge in [0.1, 0.15) is 5.82 Å². The number of fused-ring (bicyclic) bond motifs is 1. The molecule has 16 heavy (non-hydrogen) atoms. The quantitative estimate of drug-likeness (QED) is 0.757. The van der Waals surface area contributed by atoms with Gasteiger partial charge in [-0.25, -0.2) is 4.68 Å². The Morgan fingerprint density at radius 2 is 2.12 bits per heavy atom. The molecular weight excluding hydrogens is 200 g/mol. The summed E-state index contributed by atoms with van der Waals surface area (Å²) >= 11 is 0. The van der Waals surface area contributed by atoms with Gasteiger partial charge in [0.15, 0.2) is 0 Å². The maximum absolute atomic E-state index is 5.91. The first-order valence-corrected chi connectivity index (χ1v) is 6.40. The molecule has 2 aliphatic rings. The first-order chi connectivity index (χ1) is 7.84.